The molecule has 0 aliphatic rings. The third-order valence-electron chi connectivity index (χ3n) is 3.23. The van der Waals surface area contributed by atoms with Crippen LogP contribution in [-0.4, -0.2) is 6.54 Å². The molecule has 0 radical (unpaired) electrons. The molecule has 0 aliphatic carbocycles. The Kier molecular flexibility index (Phi) is 7.62. The van der Waals surface area contributed by atoms with Gasteiger partial charge in [0, 0.05) is 11.6 Å². The largest absolute Gasteiger partial charge is 0.310 e. The van der Waals surface area contributed by atoms with Crippen LogP contribution >= 0.6 is 34.5 Å². The maximum absolute atomic E-state index is 6.31. The van der Waals surface area contributed by atoms with Crippen molar-refractivity contribution in [2.45, 2.75) is 52.5 Å². The third kappa shape index (κ3) is 4.41. The van der Waals surface area contributed by atoms with Crippen molar-refractivity contribution in [2.24, 2.45) is 5.92 Å². The van der Waals surface area contributed by atoms with E-state index in [4.69, 9.17) is 23.2 Å². The number of nitrogens with one attached hydrogen (secondary N) is 1. The predicted octanol–water partition coefficient (Wildman–Crippen LogP) is 5.92. The second-order valence-electron chi connectivity index (χ2n) is 4.65. The molecule has 1 aromatic heterocycles. The summed E-state index contributed by atoms with van der Waals surface area (Å²) in [6, 6.07) is 2.37. The number of halogens is 2. The number of hydrogen-bond acceptors (Lipinski definition) is 2. The van der Waals surface area contributed by atoms with Gasteiger partial charge in [-0.2, -0.15) is 0 Å². The van der Waals surface area contributed by atoms with Gasteiger partial charge in [-0.3, -0.25) is 0 Å². The van der Waals surface area contributed by atoms with Crippen LogP contribution in [0.25, 0.3) is 0 Å². The zero-order chi connectivity index (χ0) is 13.5. The average Bonchev–Trinajstić information content (AvgIpc) is 2.65. The monoisotopic (exact) mass is 307 g/mol. The first-order chi connectivity index (χ1) is 8.63. The molecule has 0 spiro atoms. The fourth-order valence-corrected chi connectivity index (χ4v) is 4.08. The first-order valence-electron chi connectivity index (χ1n) is 6.82. The maximum Gasteiger partial charge on any atom is 0.0992 e. The van der Waals surface area contributed by atoms with Gasteiger partial charge in [-0.05, 0) is 31.4 Å². The Labute approximate surface area is 125 Å². The Bertz CT molecular complexity index is 346. The quantitative estimate of drug-likeness (QED) is 0.628. The Balaban J connectivity index is 2.94. The van der Waals surface area contributed by atoms with Crippen LogP contribution in [0.4, 0.5) is 0 Å². The lowest BCUT2D eigenvalue weighted by atomic mass is 9.87. The van der Waals surface area contributed by atoms with Gasteiger partial charge < -0.3 is 5.32 Å². The van der Waals surface area contributed by atoms with Crippen LogP contribution in [0.5, 0.6) is 0 Å². The van der Waals surface area contributed by atoms with E-state index in [0.717, 1.165) is 15.2 Å². The minimum Gasteiger partial charge on any atom is -0.310 e. The lowest BCUT2D eigenvalue weighted by Crippen LogP contribution is -2.28. The van der Waals surface area contributed by atoms with Crippen molar-refractivity contribution < 1.29 is 0 Å². The summed E-state index contributed by atoms with van der Waals surface area (Å²) in [6.07, 6.45) is 4.88. The average molecular weight is 308 g/mol. The lowest BCUT2D eigenvalue weighted by molar-refractivity contribution is 0.321. The van der Waals surface area contributed by atoms with Crippen molar-refractivity contribution in [3.8, 4) is 0 Å². The molecule has 0 saturated carbocycles. The van der Waals surface area contributed by atoms with Gasteiger partial charge in [0.1, 0.15) is 0 Å². The highest BCUT2D eigenvalue weighted by atomic mass is 35.5. The zero-order valence-corrected chi connectivity index (χ0v) is 13.8. The summed E-state index contributed by atoms with van der Waals surface area (Å²) in [5.74, 6) is 0.642. The lowest BCUT2D eigenvalue weighted by Gasteiger charge is -2.27. The van der Waals surface area contributed by atoms with Crippen LogP contribution in [-0.2, 0) is 0 Å². The Morgan fingerprint density at radius 3 is 2.17 bits per heavy atom. The van der Waals surface area contributed by atoms with Crippen molar-refractivity contribution >= 4 is 34.5 Å². The maximum atomic E-state index is 6.31. The summed E-state index contributed by atoms with van der Waals surface area (Å²) in [6.45, 7) is 7.59. The second kappa shape index (κ2) is 8.42. The molecule has 0 aromatic carbocycles. The molecule has 0 bridgehead atoms. The van der Waals surface area contributed by atoms with Crippen molar-refractivity contribution in [1.82, 2.24) is 5.32 Å². The van der Waals surface area contributed by atoms with Gasteiger partial charge in [-0.25, -0.2) is 0 Å². The molecule has 1 N–H and O–H groups in total. The standard InChI is InChI=1S/C14H23Cl2NS/c1-4-7-10(8-5-2)13(17-6-3)11-9-12(15)18-14(11)16/h9-10,13,17H,4-8H2,1-3H3. The molecule has 1 nitrogen and oxygen atoms in total. The van der Waals surface area contributed by atoms with Gasteiger partial charge in [0.15, 0.2) is 0 Å². The third-order valence-corrected chi connectivity index (χ3v) is 4.75. The summed E-state index contributed by atoms with van der Waals surface area (Å²) in [4.78, 5) is 0. The molecule has 1 aromatic rings. The van der Waals surface area contributed by atoms with E-state index < -0.39 is 0 Å². The Morgan fingerprint density at radius 2 is 1.78 bits per heavy atom. The number of hydrogen-bond donors (Lipinski definition) is 1. The van der Waals surface area contributed by atoms with E-state index in [1.165, 1.54) is 42.6 Å². The van der Waals surface area contributed by atoms with Crippen LogP contribution in [0.2, 0.25) is 8.67 Å². The summed E-state index contributed by atoms with van der Waals surface area (Å²) < 4.78 is 1.62. The predicted molar refractivity (Wildman–Crippen MR) is 84.1 cm³/mol. The normalized spacial score (nSPS) is 13.2. The molecule has 1 heterocycles. The summed E-state index contributed by atoms with van der Waals surface area (Å²) in [7, 11) is 0. The SMILES string of the molecule is CCCC(CCC)C(NCC)c1cc(Cl)sc1Cl. The molecule has 1 rings (SSSR count). The van der Waals surface area contributed by atoms with Crippen LogP contribution < -0.4 is 5.32 Å². The van der Waals surface area contributed by atoms with Gasteiger partial charge in [0.25, 0.3) is 0 Å². The topological polar surface area (TPSA) is 12.0 Å². The molecule has 0 fully saturated rings. The van der Waals surface area contributed by atoms with E-state index in [2.05, 4.69) is 26.1 Å². The van der Waals surface area contributed by atoms with E-state index in [9.17, 15) is 0 Å². The van der Waals surface area contributed by atoms with Crippen molar-refractivity contribution in [1.29, 1.82) is 0 Å². The van der Waals surface area contributed by atoms with E-state index in [0.29, 0.717) is 12.0 Å². The molecule has 1 unspecified atom stereocenters. The molecule has 18 heavy (non-hydrogen) atoms. The van der Waals surface area contributed by atoms with Crippen LogP contribution in [0.15, 0.2) is 6.07 Å². The van der Waals surface area contributed by atoms with Gasteiger partial charge in [0.2, 0.25) is 0 Å². The fourth-order valence-electron chi connectivity index (χ4n) is 2.53. The summed E-state index contributed by atoms with van der Waals surface area (Å²) in [5.41, 5.74) is 1.18. The van der Waals surface area contributed by atoms with Crippen LogP contribution in [0, 0.1) is 5.92 Å². The number of thiophene rings is 1. The van der Waals surface area contributed by atoms with Crippen molar-refractivity contribution in [2.75, 3.05) is 6.54 Å². The van der Waals surface area contributed by atoms with Crippen LogP contribution in [0.3, 0.4) is 0 Å². The molecule has 4 heteroatoms. The molecule has 0 aliphatic heterocycles. The van der Waals surface area contributed by atoms with E-state index in [1.807, 2.05) is 6.07 Å². The smallest absolute Gasteiger partial charge is 0.0992 e. The van der Waals surface area contributed by atoms with E-state index in [-0.39, 0.29) is 0 Å². The van der Waals surface area contributed by atoms with Gasteiger partial charge in [-0.15, -0.1) is 11.3 Å². The summed E-state index contributed by atoms with van der Waals surface area (Å²) >= 11 is 13.9. The van der Waals surface area contributed by atoms with Gasteiger partial charge in [-0.1, -0.05) is 56.8 Å². The molecule has 1 atom stereocenters. The van der Waals surface area contributed by atoms with Gasteiger partial charge >= 0.3 is 0 Å². The highest BCUT2D eigenvalue weighted by Gasteiger charge is 2.24. The number of rotatable bonds is 8. The minimum absolute atomic E-state index is 0.339. The summed E-state index contributed by atoms with van der Waals surface area (Å²) in [5, 5.41) is 3.59. The molecule has 104 valence electrons. The van der Waals surface area contributed by atoms with Crippen molar-refractivity contribution in [3.05, 3.63) is 20.3 Å². The molecule has 0 amide bonds. The highest BCUT2D eigenvalue weighted by molar-refractivity contribution is 7.20. The second-order valence-corrected chi connectivity index (χ2v) is 6.94. The van der Waals surface area contributed by atoms with Crippen molar-refractivity contribution in [3.63, 3.8) is 0 Å². The fraction of sp³-hybridized carbons (Fsp3) is 0.714. The van der Waals surface area contributed by atoms with E-state index in [1.54, 1.807) is 0 Å². The Hall–Kier alpha value is 0.240. The molecular weight excluding hydrogens is 285 g/mol. The Morgan fingerprint density at radius 1 is 1.17 bits per heavy atom. The van der Waals surface area contributed by atoms with Gasteiger partial charge in [0.05, 0.1) is 8.67 Å². The first kappa shape index (κ1) is 16.3. The zero-order valence-electron chi connectivity index (χ0n) is 11.4. The first-order valence-corrected chi connectivity index (χ1v) is 8.39. The molecule has 0 saturated heterocycles. The van der Waals surface area contributed by atoms with E-state index >= 15 is 0 Å². The molecular formula is C14H23Cl2NS. The highest BCUT2D eigenvalue weighted by Crippen LogP contribution is 2.39. The minimum atomic E-state index is 0.339. The van der Waals surface area contributed by atoms with Crippen LogP contribution in [0.1, 0.15) is 58.1 Å².